The highest BCUT2D eigenvalue weighted by Crippen LogP contribution is 2.27. The maximum Gasteiger partial charge on any atom is 0.248 e. The van der Waals surface area contributed by atoms with E-state index < -0.39 is 9.84 Å². The number of hydrogen-bond acceptors (Lipinski definition) is 9. The molecule has 2 aromatic heterocycles. The predicted octanol–water partition coefficient (Wildman–Crippen LogP) is 5.27. The molecule has 2 N–H and O–H groups in total. The summed E-state index contributed by atoms with van der Waals surface area (Å²) in [6.07, 6.45) is 3.01. The van der Waals surface area contributed by atoms with Crippen molar-refractivity contribution in [2.45, 2.75) is 63.7 Å². The molecule has 2 rings (SSSR count). The van der Waals surface area contributed by atoms with Gasteiger partial charge in [-0.25, -0.2) is 28.4 Å². The van der Waals surface area contributed by atoms with Gasteiger partial charge >= 0.3 is 0 Å². The summed E-state index contributed by atoms with van der Waals surface area (Å²) >= 11 is 13.5. The fourth-order valence-electron chi connectivity index (χ4n) is 2.61. The van der Waals surface area contributed by atoms with Gasteiger partial charge < -0.3 is 0 Å². The minimum absolute atomic E-state index is 0.172. The molecule has 0 aliphatic rings. The highest BCUT2D eigenvalue weighted by molar-refractivity contribution is 7.98. The first-order valence-corrected chi connectivity index (χ1v) is 12.7. The first-order valence-electron chi connectivity index (χ1n) is 8.81. The van der Waals surface area contributed by atoms with Crippen LogP contribution in [0.1, 0.15) is 62.0 Å². The number of nitrogens with zero attached hydrogens (tertiary/aromatic N) is 4. The third-order valence-corrected chi connectivity index (χ3v) is 5.78. The molecule has 0 unspecified atom stereocenters. The van der Waals surface area contributed by atoms with Crippen molar-refractivity contribution in [3.63, 3.8) is 0 Å². The first-order chi connectivity index (χ1) is 13.8. The molecular formula is C18H28Cl2N4O4S2. The van der Waals surface area contributed by atoms with Crippen LogP contribution < -0.4 is 0 Å². The van der Waals surface area contributed by atoms with Gasteiger partial charge in [-0.2, -0.15) is 0 Å². The Labute approximate surface area is 192 Å². The van der Waals surface area contributed by atoms with Crippen LogP contribution in [0, 0.1) is 13.8 Å². The van der Waals surface area contributed by atoms with Gasteiger partial charge in [0.25, 0.3) is 0 Å². The predicted molar refractivity (Wildman–Crippen MR) is 122 cm³/mol. The van der Waals surface area contributed by atoms with E-state index in [0.29, 0.717) is 16.8 Å². The summed E-state index contributed by atoms with van der Waals surface area (Å²) < 4.78 is 22.5. The van der Waals surface area contributed by atoms with Crippen LogP contribution in [0.15, 0.2) is 10.3 Å². The highest BCUT2D eigenvalue weighted by atomic mass is 35.5. The third-order valence-electron chi connectivity index (χ3n) is 3.81. The molecule has 170 valence electrons. The van der Waals surface area contributed by atoms with E-state index in [1.165, 1.54) is 11.8 Å². The van der Waals surface area contributed by atoms with Gasteiger partial charge in [-0.3, -0.25) is 10.5 Å². The van der Waals surface area contributed by atoms with Crippen LogP contribution in [0.3, 0.4) is 0 Å². The molecule has 0 radical (unpaired) electrons. The molecule has 0 spiro atoms. The van der Waals surface area contributed by atoms with E-state index in [1.807, 2.05) is 27.0 Å². The topological polar surface area (TPSA) is 126 Å². The van der Waals surface area contributed by atoms with Crippen molar-refractivity contribution in [2.75, 3.05) is 12.5 Å². The van der Waals surface area contributed by atoms with Crippen LogP contribution in [0.2, 0.25) is 10.3 Å². The molecule has 2 aromatic rings. The van der Waals surface area contributed by atoms with Crippen molar-refractivity contribution in [2.24, 2.45) is 0 Å². The van der Waals surface area contributed by atoms with Crippen LogP contribution in [0.4, 0.5) is 0 Å². The van der Waals surface area contributed by atoms with E-state index in [9.17, 15) is 8.42 Å². The molecule has 0 saturated carbocycles. The molecule has 0 aliphatic heterocycles. The van der Waals surface area contributed by atoms with Gasteiger partial charge in [0.15, 0.2) is 5.16 Å². The minimum Gasteiger partial charge on any atom is -0.255 e. The Morgan fingerprint density at radius 1 is 0.833 bits per heavy atom. The third kappa shape index (κ3) is 8.24. The molecule has 2 heterocycles. The monoisotopic (exact) mass is 498 g/mol. The molecule has 0 atom stereocenters. The van der Waals surface area contributed by atoms with Gasteiger partial charge in [0.1, 0.15) is 10.3 Å². The zero-order chi connectivity index (χ0) is 23.8. The molecule has 0 saturated heterocycles. The second-order valence-corrected chi connectivity index (χ2v) is 10.3. The van der Waals surface area contributed by atoms with Crippen LogP contribution in [-0.4, -0.2) is 51.4 Å². The average Bonchev–Trinajstić information content (AvgIpc) is 2.61. The van der Waals surface area contributed by atoms with Gasteiger partial charge in [0.05, 0.1) is 0 Å². The molecule has 0 fully saturated rings. The lowest BCUT2D eigenvalue weighted by Gasteiger charge is -2.11. The summed E-state index contributed by atoms with van der Waals surface area (Å²) in [5.74, 6) is 0.550. The standard InChI is InChI=1S/C9H13ClN2O2S.C9H13ClN2S.H2O2/c1-5(2)7-6(3)11-9(12-8(7)10)15(4,13)14;1-5(2)7-6(3)11-9(13-4)12-8(7)10;1-2/h5H,1-4H3;5H,1-4H3;1-2H. The van der Waals surface area contributed by atoms with E-state index in [0.717, 1.165) is 28.2 Å². The number of hydrogen-bond donors (Lipinski definition) is 2. The summed E-state index contributed by atoms with van der Waals surface area (Å²) in [7, 11) is -3.40. The summed E-state index contributed by atoms with van der Waals surface area (Å²) in [5, 5.41) is 13.3. The Kier molecular flexibility index (Phi) is 12.3. The molecule has 0 aliphatic carbocycles. The maximum atomic E-state index is 11.2. The van der Waals surface area contributed by atoms with E-state index in [-0.39, 0.29) is 16.2 Å². The second-order valence-electron chi connectivity index (χ2n) is 6.88. The molecule has 0 aromatic carbocycles. The zero-order valence-electron chi connectivity index (χ0n) is 18.2. The van der Waals surface area contributed by atoms with Crippen molar-refractivity contribution in [3.05, 3.63) is 32.8 Å². The van der Waals surface area contributed by atoms with Crippen LogP contribution in [0.25, 0.3) is 0 Å². The fourth-order valence-corrected chi connectivity index (χ4v) is 4.55. The largest absolute Gasteiger partial charge is 0.255 e. The number of sulfone groups is 1. The van der Waals surface area contributed by atoms with Crippen molar-refractivity contribution in [1.82, 2.24) is 19.9 Å². The Balaban J connectivity index is 0.000000522. The van der Waals surface area contributed by atoms with Gasteiger partial charge in [0.2, 0.25) is 15.0 Å². The van der Waals surface area contributed by atoms with Crippen molar-refractivity contribution >= 4 is 44.8 Å². The Bertz CT molecular complexity index is 909. The van der Waals surface area contributed by atoms with Crippen LogP contribution in [0.5, 0.6) is 0 Å². The molecule has 30 heavy (non-hydrogen) atoms. The maximum absolute atomic E-state index is 11.2. The van der Waals surface area contributed by atoms with Crippen molar-refractivity contribution in [3.8, 4) is 0 Å². The lowest BCUT2D eigenvalue weighted by atomic mass is 10.0. The number of halogens is 2. The van der Waals surface area contributed by atoms with Gasteiger partial charge in [0, 0.05) is 28.8 Å². The summed E-state index contributed by atoms with van der Waals surface area (Å²) in [5.41, 5.74) is 3.45. The van der Waals surface area contributed by atoms with Gasteiger partial charge in [-0.15, -0.1) is 0 Å². The van der Waals surface area contributed by atoms with E-state index in [4.69, 9.17) is 33.7 Å². The summed E-state index contributed by atoms with van der Waals surface area (Å²) in [4.78, 5) is 16.3. The van der Waals surface area contributed by atoms with Gasteiger partial charge in [-0.1, -0.05) is 62.7 Å². The SMILES string of the molecule is CSc1nc(C)c(C(C)C)c(Cl)n1.Cc1nc(S(C)(=O)=O)nc(Cl)c1C(C)C.OO. The molecule has 0 amide bonds. The number of rotatable bonds is 4. The molecule has 12 heteroatoms. The van der Waals surface area contributed by atoms with Crippen molar-refractivity contribution < 1.29 is 18.9 Å². The highest BCUT2D eigenvalue weighted by Gasteiger charge is 2.18. The number of thioether (sulfide) groups is 1. The smallest absolute Gasteiger partial charge is 0.248 e. The van der Waals surface area contributed by atoms with Gasteiger partial charge in [-0.05, 0) is 31.9 Å². The van der Waals surface area contributed by atoms with Crippen LogP contribution >= 0.6 is 35.0 Å². The van der Waals surface area contributed by atoms with Crippen LogP contribution in [-0.2, 0) is 9.84 Å². The minimum atomic E-state index is -3.40. The quantitative estimate of drug-likeness (QED) is 0.190. The zero-order valence-corrected chi connectivity index (χ0v) is 21.4. The average molecular weight is 499 g/mol. The first kappa shape index (κ1) is 29.0. The number of aromatic nitrogens is 4. The molecule has 8 nitrogen and oxygen atoms in total. The lowest BCUT2D eigenvalue weighted by Crippen LogP contribution is -2.09. The Hall–Kier alpha value is -1.04. The van der Waals surface area contributed by atoms with Crippen molar-refractivity contribution in [1.29, 1.82) is 0 Å². The Morgan fingerprint density at radius 2 is 1.23 bits per heavy atom. The van der Waals surface area contributed by atoms with E-state index >= 15 is 0 Å². The molecular weight excluding hydrogens is 471 g/mol. The van der Waals surface area contributed by atoms with E-state index in [1.54, 1.807) is 6.92 Å². The second kappa shape index (κ2) is 12.7. The lowest BCUT2D eigenvalue weighted by molar-refractivity contribution is -0.176. The molecule has 0 bridgehead atoms. The normalized spacial score (nSPS) is 11.0. The summed E-state index contributed by atoms with van der Waals surface area (Å²) in [6.45, 7) is 11.8. The Morgan fingerprint density at radius 3 is 1.53 bits per heavy atom. The fraction of sp³-hybridized carbons (Fsp3) is 0.556. The van der Waals surface area contributed by atoms with E-state index in [2.05, 4.69) is 33.8 Å². The number of aryl methyl sites for hydroxylation is 2. The summed E-state index contributed by atoms with van der Waals surface area (Å²) in [6, 6.07) is 0.